The van der Waals surface area contributed by atoms with Gasteiger partial charge in [-0.15, -0.1) is 0 Å². The summed E-state index contributed by atoms with van der Waals surface area (Å²) in [5.74, 6) is 1.42. The molecule has 2 fully saturated rings. The van der Waals surface area contributed by atoms with Crippen LogP contribution in [0.25, 0.3) is 0 Å². The summed E-state index contributed by atoms with van der Waals surface area (Å²) in [6.07, 6.45) is 2.98. The van der Waals surface area contributed by atoms with Crippen molar-refractivity contribution in [3.05, 3.63) is 0 Å². The maximum absolute atomic E-state index is 10.6. The van der Waals surface area contributed by atoms with Crippen molar-refractivity contribution in [2.45, 2.75) is 115 Å². The van der Waals surface area contributed by atoms with Crippen molar-refractivity contribution in [1.82, 2.24) is 30.1 Å². The average Bonchev–Trinajstić information content (AvgIpc) is 2.62. The van der Waals surface area contributed by atoms with Gasteiger partial charge < -0.3 is 21.0 Å². The highest BCUT2D eigenvalue weighted by Crippen LogP contribution is 2.39. The number of nitrogens with zero attached hydrogens (tertiary/aromatic N) is 6. The van der Waals surface area contributed by atoms with Crippen molar-refractivity contribution in [2.24, 2.45) is 0 Å². The molecule has 3 heterocycles. The Hall–Kier alpha value is -1.79. The summed E-state index contributed by atoms with van der Waals surface area (Å²) in [5, 5.41) is 33.0. The van der Waals surface area contributed by atoms with Crippen molar-refractivity contribution < 1.29 is 10.4 Å². The molecule has 0 unspecified atom stereocenters. The van der Waals surface area contributed by atoms with Crippen molar-refractivity contribution in [2.75, 3.05) is 30.2 Å². The third-order valence-corrected chi connectivity index (χ3v) is 6.90. The molecule has 2 saturated heterocycles. The highest BCUT2D eigenvalue weighted by molar-refractivity contribution is 5.43. The molecule has 11 heteroatoms. The maximum Gasteiger partial charge on any atom is 0.244 e. The molecule has 0 atom stereocenters. The molecule has 0 radical (unpaired) electrons. The lowest BCUT2D eigenvalue weighted by atomic mass is 9.79. The number of hydrogen-bond donors (Lipinski definition) is 5. The Balaban J connectivity index is 1.84. The van der Waals surface area contributed by atoms with Crippen LogP contribution in [0, 0.1) is 0 Å². The Kier molecular flexibility index (Phi) is 7.11. The molecule has 0 aliphatic carbocycles. The van der Waals surface area contributed by atoms with E-state index in [1.54, 1.807) is 5.01 Å². The number of nitrogens with one attached hydrogen (secondary N) is 3. The lowest BCUT2D eigenvalue weighted by molar-refractivity contribution is -0.243. The van der Waals surface area contributed by atoms with Crippen LogP contribution in [-0.4, -0.2) is 88.8 Å². The van der Waals surface area contributed by atoms with Crippen LogP contribution in [0.4, 0.5) is 17.8 Å². The molecule has 3 rings (SSSR count). The van der Waals surface area contributed by atoms with E-state index in [4.69, 9.17) is 4.98 Å². The number of hydroxylamine groups is 4. The second kappa shape index (κ2) is 9.02. The third kappa shape index (κ3) is 5.88. The molecule has 5 N–H and O–H groups in total. The number of hydrazine groups is 1. The Morgan fingerprint density at radius 3 is 1.24 bits per heavy atom. The van der Waals surface area contributed by atoms with E-state index in [0.29, 0.717) is 17.8 Å². The first-order valence-electron chi connectivity index (χ1n) is 12.1. The first-order valence-corrected chi connectivity index (χ1v) is 12.1. The van der Waals surface area contributed by atoms with Crippen LogP contribution >= 0.6 is 0 Å². The molecule has 1 aromatic heterocycles. The van der Waals surface area contributed by atoms with Gasteiger partial charge in [-0.25, -0.2) is 5.01 Å². The van der Waals surface area contributed by atoms with Crippen LogP contribution < -0.4 is 16.1 Å². The molecule has 0 amide bonds. The summed E-state index contributed by atoms with van der Waals surface area (Å²) in [6, 6.07) is 0.178. The van der Waals surface area contributed by atoms with Gasteiger partial charge in [-0.05, 0) is 81.1 Å². The Morgan fingerprint density at radius 1 is 0.647 bits per heavy atom. The molecule has 194 valence electrons. The predicted molar refractivity (Wildman–Crippen MR) is 134 cm³/mol. The van der Waals surface area contributed by atoms with Crippen LogP contribution in [0.1, 0.15) is 81.1 Å². The maximum atomic E-state index is 10.6. The van der Waals surface area contributed by atoms with E-state index < -0.39 is 0 Å². The van der Waals surface area contributed by atoms with Gasteiger partial charge in [0.25, 0.3) is 0 Å². The molecular formula is C23H45N9O2. The third-order valence-electron chi connectivity index (χ3n) is 6.90. The van der Waals surface area contributed by atoms with Gasteiger partial charge in [0.05, 0.1) is 0 Å². The highest BCUT2D eigenvalue weighted by Gasteiger charge is 2.46. The molecule has 11 nitrogen and oxygen atoms in total. The summed E-state index contributed by atoms with van der Waals surface area (Å²) >= 11 is 0. The van der Waals surface area contributed by atoms with Gasteiger partial charge in [0.1, 0.15) is 0 Å². The fraction of sp³-hybridized carbons (Fsp3) is 0.870. The summed E-state index contributed by atoms with van der Waals surface area (Å²) in [4.78, 5) is 13.9. The Bertz CT molecular complexity index is 774. The molecule has 1 aromatic rings. The standard InChI is InChI=1S/C23H45N9O2/c1-20(2)11-15(12-21(3,4)31(20)33)24-17-26-18(28-19(27-17)29-30(9)10)25-16-13-22(5,6)32(34)23(7,8)14-16/h15-16,33-34H,11-14H2,1-10H3,(H3,24,25,26,27,28,29). The zero-order chi connectivity index (χ0) is 25.7. The van der Waals surface area contributed by atoms with Gasteiger partial charge in [0, 0.05) is 48.3 Å². The zero-order valence-electron chi connectivity index (χ0n) is 22.6. The minimum Gasteiger partial charge on any atom is -0.351 e. The number of rotatable bonds is 6. The van der Waals surface area contributed by atoms with E-state index in [2.05, 4.69) is 26.0 Å². The highest BCUT2D eigenvalue weighted by atomic mass is 16.5. The van der Waals surface area contributed by atoms with Crippen LogP contribution in [0.5, 0.6) is 0 Å². The summed E-state index contributed by atoms with van der Waals surface area (Å²) in [7, 11) is 3.77. The molecule has 0 bridgehead atoms. The van der Waals surface area contributed by atoms with E-state index >= 15 is 0 Å². The van der Waals surface area contributed by atoms with Crippen LogP contribution in [-0.2, 0) is 0 Å². The van der Waals surface area contributed by atoms with Crippen molar-refractivity contribution in [3.63, 3.8) is 0 Å². The van der Waals surface area contributed by atoms with Gasteiger partial charge in [-0.2, -0.15) is 25.1 Å². The molecule has 34 heavy (non-hydrogen) atoms. The van der Waals surface area contributed by atoms with Crippen molar-refractivity contribution in [3.8, 4) is 0 Å². The largest absolute Gasteiger partial charge is 0.351 e. The van der Waals surface area contributed by atoms with Gasteiger partial charge in [-0.1, -0.05) is 0 Å². The minimum atomic E-state index is -0.381. The first-order chi connectivity index (χ1) is 15.4. The molecular weight excluding hydrogens is 434 g/mol. The topological polar surface area (TPSA) is 125 Å². The van der Waals surface area contributed by atoms with Crippen LogP contribution in [0.3, 0.4) is 0 Å². The fourth-order valence-corrected chi connectivity index (χ4v) is 5.87. The molecule has 0 saturated carbocycles. The number of hydrogen-bond acceptors (Lipinski definition) is 11. The summed E-state index contributed by atoms with van der Waals surface area (Å²) in [5.41, 5.74) is 1.61. The van der Waals surface area contributed by atoms with E-state index in [0.717, 1.165) is 25.7 Å². The quantitative estimate of drug-likeness (QED) is 0.385. The molecule has 2 aliphatic heterocycles. The smallest absolute Gasteiger partial charge is 0.244 e. The zero-order valence-corrected chi connectivity index (χ0v) is 22.6. The average molecular weight is 480 g/mol. The predicted octanol–water partition coefficient (Wildman–Crippen LogP) is 3.41. The number of aromatic nitrogens is 3. The van der Waals surface area contributed by atoms with E-state index in [9.17, 15) is 10.4 Å². The molecule has 0 aromatic carbocycles. The van der Waals surface area contributed by atoms with Crippen molar-refractivity contribution >= 4 is 17.8 Å². The monoisotopic (exact) mass is 479 g/mol. The van der Waals surface area contributed by atoms with Crippen LogP contribution in [0.15, 0.2) is 0 Å². The molecule has 2 aliphatic rings. The van der Waals surface area contributed by atoms with Gasteiger partial charge in [0.2, 0.25) is 17.8 Å². The fourth-order valence-electron chi connectivity index (χ4n) is 5.87. The van der Waals surface area contributed by atoms with E-state index in [-0.39, 0.29) is 34.2 Å². The summed E-state index contributed by atoms with van der Waals surface area (Å²) < 4.78 is 0. The minimum absolute atomic E-state index is 0.0892. The number of piperidine rings is 2. The number of anilines is 3. The van der Waals surface area contributed by atoms with Gasteiger partial charge >= 0.3 is 0 Å². The lowest BCUT2D eigenvalue weighted by Gasteiger charge is -2.51. The summed E-state index contributed by atoms with van der Waals surface area (Å²) in [6.45, 7) is 16.3. The van der Waals surface area contributed by atoms with E-state index in [1.807, 2.05) is 69.5 Å². The Labute approximate surface area is 204 Å². The van der Waals surface area contributed by atoms with Crippen molar-refractivity contribution in [1.29, 1.82) is 0 Å². The lowest BCUT2D eigenvalue weighted by Crippen LogP contribution is -2.61. The normalized spacial score (nSPS) is 25.3. The second-order valence-corrected chi connectivity index (χ2v) is 12.7. The SMILES string of the molecule is CN(C)Nc1nc(NC2CC(C)(C)N(O)C(C)(C)C2)nc(NC2CC(C)(C)N(O)C(C)(C)C2)n1. The second-order valence-electron chi connectivity index (χ2n) is 12.7. The molecule has 0 spiro atoms. The Morgan fingerprint density at radius 2 is 0.941 bits per heavy atom. The van der Waals surface area contributed by atoms with Gasteiger partial charge in [-0.3, -0.25) is 5.43 Å². The van der Waals surface area contributed by atoms with Gasteiger partial charge in [0.15, 0.2) is 0 Å². The van der Waals surface area contributed by atoms with Crippen LogP contribution in [0.2, 0.25) is 0 Å². The van der Waals surface area contributed by atoms with E-state index in [1.165, 1.54) is 10.1 Å². The first kappa shape index (κ1) is 26.8.